The Hall–Kier alpha value is -3.17. The highest BCUT2D eigenvalue weighted by atomic mass is 32.2. The predicted octanol–water partition coefficient (Wildman–Crippen LogP) is 2.71. The van der Waals surface area contributed by atoms with Gasteiger partial charge in [-0.05, 0) is 67.3 Å². The molecule has 9 heteroatoms. The van der Waals surface area contributed by atoms with E-state index in [0.29, 0.717) is 29.0 Å². The molecule has 0 saturated carbocycles. The molecule has 8 nitrogen and oxygen atoms in total. The van der Waals surface area contributed by atoms with Gasteiger partial charge in [-0.25, -0.2) is 12.7 Å². The summed E-state index contributed by atoms with van der Waals surface area (Å²) in [5.41, 5.74) is 1.67. The minimum Gasteiger partial charge on any atom is -0.497 e. The number of nitrogens with one attached hydrogen (secondary N) is 1. The van der Waals surface area contributed by atoms with Crippen molar-refractivity contribution >= 4 is 26.7 Å². The van der Waals surface area contributed by atoms with E-state index in [4.69, 9.17) is 9.47 Å². The third-order valence-corrected chi connectivity index (χ3v) is 7.78. The number of nitrogens with zero attached hydrogens (tertiary/aromatic N) is 1. The molecule has 2 heterocycles. The zero-order valence-electron chi connectivity index (χ0n) is 18.5. The van der Waals surface area contributed by atoms with E-state index in [1.165, 1.54) is 14.0 Å². The van der Waals surface area contributed by atoms with E-state index in [9.17, 15) is 18.0 Å². The molecule has 33 heavy (non-hydrogen) atoms. The molecular weight excluding hydrogens is 444 g/mol. The lowest BCUT2D eigenvalue weighted by Crippen LogP contribution is -2.32. The number of hydrogen-bond acceptors (Lipinski definition) is 6. The van der Waals surface area contributed by atoms with Crippen LogP contribution in [0.15, 0.2) is 54.1 Å². The first-order valence-electron chi connectivity index (χ1n) is 10.7. The second kappa shape index (κ2) is 9.36. The standard InChI is InChI=1S/C24H26N2O6S/c1-16-22(18-9-11-20(31-2)12-10-18)33(29,30)26(24(16)28)15-17-5-7-19(8-6-17)23(27)25-14-21-4-3-13-32-21/h5-12,21H,3-4,13-15H2,1-2H3,(H,25,27)/t21-/m0/s1. The van der Waals surface area contributed by atoms with Crippen molar-refractivity contribution in [2.45, 2.75) is 32.4 Å². The van der Waals surface area contributed by atoms with Crippen LogP contribution >= 0.6 is 0 Å². The summed E-state index contributed by atoms with van der Waals surface area (Å²) < 4.78 is 37.9. The number of amides is 2. The van der Waals surface area contributed by atoms with Gasteiger partial charge in [0.15, 0.2) is 0 Å². The first-order valence-corrected chi connectivity index (χ1v) is 12.2. The molecule has 0 bridgehead atoms. The van der Waals surface area contributed by atoms with Crippen molar-refractivity contribution in [2.24, 2.45) is 0 Å². The van der Waals surface area contributed by atoms with E-state index in [0.717, 1.165) is 23.8 Å². The van der Waals surface area contributed by atoms with Crippen LogP contribution in [0.3, 0.4) is 0 Å². The van der Waals surface area contributed by atoms with Crippen LogP contribution in [0.5, 0.6) is 5.75 Å². The third-order valence-electron chi connectivity index (χ3n) is 5.84. The summed E-state index contributed by atoms with van der Waals surface area (Å²) in [6, 6.07) is 13.1. The molecule has 1 saturated heterocycles. The summed E-state index contributed by atoms with van der Waals surface area (Å²) in [5.74, 6) is -0.184. The Bertz CT molecular complexity index is 1180. The summed E-state index contributed by atoms with van der Waals surface area (Å²) >= 11 is 0. The number of benzene rings is 2. The Morgan fingerprint density at radius 2 is 1.85 bits per heavy atom. The fourth-order valence-corrected chi connectivity index (χ4v) is 5.81. The Morgan fingerprint density at radius 3 is 2.45 bits per heavy atom. The normalized spacial score (nSPS) is 19.8. The van der Waals surface area contributed by atoms with Crippen LogP contribution in [-0.2, 0) is 26.1 Å². The van der Waals surface area contributed by atoms with Gasteiger partial charge in [-0.3, -0.25) is 9.59 Å². The SMILES string of the molecule is COc1ccc(C2=C(C)C(=O)N(Cc3ccc(C(=O)NC[C@@H]4CCCO4)cc3)S2(=O)=O)cc1. The zero-order chi connectivity index (χ0) is 23.6. The summed E-state index contributed by atoms with van der Waals surface area (Å²) in [4.78, 5) is 25.2. The van der Waals surface area contributed by atoms with Gasteiger partial charge in [0.2, 0.25) is 0 Å². The fraction of sp³-hybridized carbons (Fsp3) is 0.333. The lowest BCUT2D eigenvalue weighted by Gasteiger charge is -2.17. The van der Waals surface area contributed by atoms with Crippen LogP contribution < -0.4 is 10.1 Å². The van der Waals surface area contributed by atoms with Gasteiger partial charge in [0.1, 0.15) is 10.7 Å². The smallest absolute Gasteiger partial charge is 0.268 e. The van der Waals surface area contributed by atoms with Crippen LogP contribution in [0, 0.1) is 0 Å². The van der Waals surface area contributed by atoms with Gasteiger partial charge in [-0.15, -0.1) is 0 Å². The first kappa shape index (κ1) is 23.0. The van der Waals surface area contributed by atoms with Gasteiger partial charge in [-0.2, -0.15) is 0 Å². The largest absolute Gasteiger partial charge is 0.497 e. The number of hydrogen-bond donors (Lipinski definition) is 1. The molecule has 0 unspecified atom stereocenters. The second-order valence-corrected chi connectivity index (χ2v) is 9.84. The number of methoxy groups -OCH3 is 1. The molecule has 4 rings (SSSR count). The maximum Gasteiger partial charge on any atom is 0.268 e. The molecule has 2 amide bonds. The van der Waals surface area contributed by atoms with Crippen molar-refractivity contribution in [3.63, 3.8) is 0 Å². The first-order chi connectivity index (χ1) is 15.8. The van der Waals surface area contributed by atoms with Gasteiger partial charge in [0.05, 0.1) is 19.8 Å². The van der Waals surface area contributed by atoms with Gasteiger partial charge in [0, 0.05) is 24.3 Å². The Morgan fingerprint density at radius 1 is 1.15 bits per heavy atom. The van der Waals surface area contributed by atoms with Crippen molar-refractivity contribution in [3.8, 4) is 5.75 Å². The number of rotatable bonds is 7. The van der Waals surface area contributed by atoms with Crippen molar-refractivity contribution in [3.05, 3.63) is 70.8 Å². The molecule has 0 spiro atoms. The third kappa shape index (κ3) is 4.65. The monoisotopic (exact) mass is 470 g/mol. The van der Waals surface area contributed by atoms with Crippen LogP contribution in [-0.4, -0.2) is 50.9 Å². The van der Waals surface area contributed by atoms with Crippen molar-refractivity contribution in [1.82, 2.24) is 9.62 Å². The quantitative estimate of drug-likeness (QED) is 0.668. The van der Waals surface area contributed by atoms with E-state index < -0.39 is 15.9 Å². The molecule has 1 N–H and O–H groups in total. The van der Waals surface area contributed by atoms with Crippen LogP contribution in [0.1, 0.15) is 41.3 Å². The number of carbonyl (C=O) groups excluding carboxylic acids is 2. The second-order valence-electron chi connectivity index (χ2n) is 8.04. The molecule has 2 aromatic carbocycles. The van der Waals surface area contributed by atoms with Crippen molar-refractivity contribution in [1.29, 1.82) is 0 Å². The number of sulfonamides is 1. The van der Waals surface area contributed by atoms with Gasteiger partial charge < -0.3 is 14.8 Å². The molecule has 2 aliphatic rings. The maximum absolute atomic E-state index is 13.2. The molecule has 0 aliphatic carbocycles. The van der Waals surface area contributed by atoms with E-state index in [-0.39, 0.29) is 29.0 Å². The van der Waals surface area contributed by atoms with E-state index in [1.54, 1.807) is 48.5 Å². The summed E-state index contributed by atoms with van der Waals surface area (Å²) in [5, 5.41) is 2.85. The minimum absolute atomic E-state index is 0.000262. The molecule has 174 valence electrons. The van der Waals surface area contributed by atoms with Crippen molar-refractivity contribution < 1.29 is 27.5 Å². The average Bonchev–Trinajstić information content (AvgIpc) is 3.39. The number of carbonyl (C=O) groups is 2. The fourth-order valence-electron chi connectivity index (χ4n) is 4.00. The molecule has 2 aliphatic heterocycles. The van der Waals surface area contributed by atoms with Gasteiger partial charge in [0.25, 0.3) is 21.8 Å². The molecule has 1 atom stereocenters. The highest BCUT2D eigenvalue weighted by Crippen LogP contribution is 2.37. The summed E-state index contributed by atoms with van der Waals surface area (Å²) in [6.07, 6.45) is 1.99. The predicted molar refractivity (Wildman–Crippen MR) is 123 cm³/mol. The molecule has 2 aromatic rings. The molecular formula is C24H26N2O6S. The summed E-state index contributed by atoms with van der Waals surface area (Å²) in [7, 11) is -2.49. The highest BCUT2D eigenvalue weighted by Gasteiger charge is 2.42. The molecule has 0 aromatic heterocycles. The van der Waals surface area contributed by atoms with Crippen LogP contribution in [0.4, 0.5) is 0 Å². The Labute approximate surface area is 193 Å². The van der Waals surface area contributed by atoms with Gasteiger partial charge in [-0.1, -0.05) is 12.1 Å². The molecule has 1 fully saturated rings. The van der Waals surface area contributed by atoms with Crippen LogP contribution in [0.25, 0.3) is 4.91 Å². The number of ether oxygens (including phenoxy) is 2. The van der Waals surface area contributed by atoms with E-state index >= 15 is 0 Å². The minimum atomic E-state index is -4.01. The van der Waals surface area contributed by atoms with E-state index in [1.807, 2.05) is 0 Å². The highest BCUT2D eigenvalue weighted by molar-refractivity contribution is 7.99. The molecule has 0 radical (unpaired) electrons. The average molecular weight is 471 g/mol. The zero-order valence-corrected chi connectivity index (χ0v) is 19.4. The maximum atomic E-state index is 13.2. The summed E-state index contributed by atoms with van der Waals surface area (Å²) in [6.45, 7) is 2.58. The van der Waals surface area contributed by atoms with Crippen molar-refractivity contribution in [2.75, 3.05) is 20.3 Å². The van der Waals surface area contributed by atoms with E-state index in [2.05, 4.69) is 5.32 Å². The lowest BCUT2D eigenvalue weighted by atomic mass is 10.1. The van der Waals surface area contributed by atoms with Gasteiger partial charge >= 0.3 is 0 Å². The Balaban J connectivity index is 1.46. The lowest BCUT2D eigenvalue weighted by molar-refractivity contribution is -0.122. The Kier molecular flexibility index (Phi) is 6.53. The van der Waals surface area contributed by atoms with Crippen LogP contribution in [0.2, 0.25) is 0 Å². The topological polar surface area (TPSA) is 102 Å².